The number of nitrogens with two attached hydrogens (primary N) is 1. The van der Waals surface area contributed by atoms with Crippen molar-refractivity contribution < 1.29 is 4.79 Å². The zero-order valence-electron chi connectivity index (χ0n) is 9.99. The van der Waals surface area contributed by atoms with Crippen LogP contribution in [-0.4, -0.2) is 19.0 Å². The van der Waals surface area contributed by atoms with Gasteiger partial charge in [0.1, 0.15) is 0 Å². The first-order chi connectivity index (χ1) is 8.20. The third-order valence-corrected chi connectivity index (χ3v) is 2.78. The Labute approximate surface area is 102 Å². The van der Waals surface area contributed by atoms with Crippen LogP contribution < -0.4 is 10.6 Å². The average molecular weight is 228 g/mol. The minimum absolute atomic E-state index is 0.202. The summed E-state index contributed by atoms with van der Waals surface area (Å²) in [5.74, 6) is 6.05. The van der Waals surface area contributed by atoms with Gasteiger partial charge in [-0.2, -0.15) is 0 Å². The van der Waals surface area contributed by atoms with Gasteiger partial charge in [-0.05, 0) is 37.1 Å². The standard InChI is InChI=1S/C14H16N2O/c1-11-8-12(4-2-6-15)10-13(9-11)16-7-3-5-14(16)17/h8-10H,3,5-7,15H2,1H3. The number of nitrogens with zero attached hydrogens (tertiary/aromatic N) is 1. The van der Waals surface area contributed by atoms with E-state index in [1.54, 1.807) is 0 Å². The molecule has 1 aromatic rings. The number of carbonyl (C=O) groups excluding carboxylic acids is 1. The van der Waals surface area contributed by atoms with Gasteiger partial charge in [0.25, 0.3) is 0 Å². The van der Waals surface area contributed by atoms with Crippen molar-refractivity contribution in [1.29, 1.82) is 0 Å². The van der Waals surface area contributed by atoms with Crippen LogP contribution in [0.15, 0.2) is 18.2 Å². The lowest BCUT2D eigenvalue weighted by molar-refractivity contribution is -0.117. The molecule has 1 heterocycles. The van der Waals surface area contributed by atoms with Crippen molar-refractivity contribution in [3.05, 3.63) is 29.3 Å². The lowest BCUT2D eigenvalue weighted by Gasteiger charge is -2.16. The van der Waals surface area contributed by atoms with Crippen LogP contribution in [0.25, 0.3) is 0 Å². The summed E-state index contributed by atoms with van der Waals surface area (Å²) in [4.78, 5) is 13.5. The molecule has 1 saturated heterocycles. The van der Waals surface area contributed by atoms with E-state index < -0.39 is 0 Å². The van der Waals surface area contributed by atoms with E-state index in [1.165, 1.54) is 0 Å². The maximum Gasteiger partial charge on any atom is 0.227 e. The fourth-order valence-corrected chi connectivity index (χ4v) is 2.07. The van der Waals surface area contributed by atoms with E-state index >= 15 is 0 Å². The minimum atomic E-state index is 0.202. The van der Waals surface area contributed by atoms with Gasteiger partial charge in [0.15, 0.2) is 0 Å². The summed E-state index contributed by atoms with van der Waals surface area (Å²) in [5, 5.41) is 0. The van der Waals surface area contributed by atoms with Crippen molar-refractivity contribution in [2.75, 3.05) is 18.0 Å². The third kappa shape index (κ3) is 2.66. The van der Waals surface area contributed by atoms with Gasteiger partial charge in [-0.3, -0.25) is 4.79 Å². The Balaban J connectivity index is 2.34. The predicted octanol–water partition coefficient (Wildman–Crippen LogP) is 1.43. The number of amides is 1. The molecule has 17 heavy (non-hydrogen) atoms. The summed E-state index contributed by atoms with van der Waals surface area (Å²) in [6.45, 7) is 3.18. The Morgan fingerprint density at radius 3 is 2.88 bits per heavy atom. The van der Waals surface area contributed by atoms with Crippen LogP contribution >= 0.6 is 0 Å². The van der Waals surface area contributed by atoms with Crippen LogP contribution in [-0.2, 0) is 4.79 Å². The van der Waals surface area contributed by atoms with Crippen LogP contribution in [0.2, 0.25) is 0 Å². The highest BCUT2D eigenvalue weighted by atomic mass is 16.2. The van der Waals surface area contributed by atoms with Gasteiger partial charge in [-0.25, -0.2) is 0 Å². The van der Waals surface area contributed by atoms with E-state index in [-0.39, 0.29) is 5.91 Å². The zero-order chi connectivity index (χ0) is 12.3. The molecule has 0 unspecified atom stereocenters. The Morgan fingerprint density at radius 1 is 1.41 bits per heavy atom. The van der Waals surface area contributed by atoms with Gasteiger partial charge in [0.05, 0.1) is 6.54 Å². The Kier molecular flexibility index (Phi) is 3.46. The highest BCUT2D eigenvalue weighted by Crippen LogP contribution is 2.23. The monoisotopic (exact) mass is 228 g/mol. The fraction of sp³-hybridized carbons (Fsp3) is 0.357. The van der Waals surface area contributed by atoms with Crippen LogP contribution in [0, 0.1) is 18.8 Å². The van der Waals surface area contributed by atoms with Gasteiger partial charge in [0.2, 0.25) is 5.91 Å². The molecular weight excluding hydrogens is 212 g/mol. The van der Waals surface area contributed by atoms with Crippen LogP contribution in [0.4, 0.5) is 5.69 Å². The average Bonchev–Trinajstić information content (AvgIpc) is 2.72. The molecule has 1 amide bonds. The van der Waals surface area contributed by atoms with Gasteiger partial charge < -0.3 is 10.6 Å². The van der Waals surface area contributed by atoms with Crippen molar-refractivity contribution >= 4 is 11.6 Å². The Hall–Kier alpha value is -1.79. The van der Waals surface area contributed by atoms with E-state index in [0.29, 0.717) is 13.0 Å². The minimum Gasteiger partial charge on any atom is -0.320 e. The number of aryl methyl sites for hydroxylation is 1. The number of hydrogen-bond acceptors (Lipinski definition) is 2. The molecule has 0 atom stereocenters. The first-order valence-corrected chi connectivity index (χ1v) is 5.81. The van der Waals surface area contributed by atoms with Gasteiger partial charge in [-0.15, -0.1) is 0 Å². The Morgan fingerprint density at radius 2 is 2.24 bits per heavy atom. The first kappa shape index (κ1) is 11.7. The van der Waals surface area contributed by atoms with Gasteiger partial charge >= 0.3 is 0 Å². The smallest absolute Gasteiger partial charge is 0.227 e. The Bertz CT molecular complexity index is 497. The van der Waals surface area contributed by atoms with E-state index in [1.807, 2.05) is 30.0 Å². The molecule has 0 spiro atoms. The molecule has 0 saturated carbocycles. The number of benzene rings is 1. The lowest BCUT2D eigenvalue weighted by Crippen LogP contribution is -2.23. The SMILES string of the molecule is Cc1cc(C#CCN)cc(N2CCCC2=O)c1. The molecule has 3 heteroatoms. The fourth-order valence-electron chi connectivity index (χ4n) is 2.07. The van der Waals surface area contributed by atoms with Crippen molar-refractivity contribution in [1.82, 2.24) is 0 Å². The third-order valence-electron chi connectivity index (χ3n) is 2.78. The molecule has 2 rings (SSSR count). The summed E-state index contributed by atoms with van der Waals surface area (Å²) < 4.78 is 0. The molecule has 0 bridgehead atoms. The second-order valence-electron chi connectivity index (χ2n) is 4.21. The number of rotatable bonds is 1. The largest absolute Gasteiger partial charge is 0.320 e. The molecule has 2 N–H and O–H groups in total. The lowest BCUT2D eigenvalue weighted by atomic mass is 10.1. The maximum absolute atomic E-state index is 11.7. The van der Waals surface area contributed by atoms with Crippen molar-refractivity contribution in [2.45, 2.75) is 19.8 Å². The number of carbonyl (C=O) groups is 1. The topological polar surface area (TPSA) is 46.3 Å². The molecule has 0 radical (unpaired) electrons. The number of anilines is 1. The molecule has 0 aromatic heterocycles. The highest BCUT2D eigenvalue weighted by Gasteiger charge is 2.21. The van der Waals surface area contributed by atoms with Crippen LogP contribution in [0.1, 0.15) is 24.0 Å². The predicted molar refractivity (Wildman–Crippen MR) is 68.7 cm³/mol. The molecule has 1 aliphatic rings. The molecule has 1 aliphatic heterocycles. The quantitative estimate of drug-likeness (QED) is 0.739. The van der Waals surface area contributed by atoms with Crippen molar-refractivity contribution in [2.24, 2.45) is 5.73 Å². The van der Waals surface area contributed by atoms with E-state index in [0.717, 1.165) is 29.8 Å². The highest BCUT2D eigenvalue weighted by molar-refractivity contribution is 5.95. The molecule has 88 valence electrons. The van der Waals surface area contributed by atoms with E-state index in [9.17, 15) is 4.79 Å². The summed E-state index contributed by atoms with van der Waals surface area (Å²) in [6, 6.07) is 5.99. The van der Waals surface area contributed by atoms with Crippen LogP contribution in [0.5, 0.6) is 0 Å². The normalized spacial score (nSPS) is 14.7. The second-order valence-corrected chi connectivity index (χ2v) is 4.21. The summed E-state index contributed by atoms with van der Waals surface area (Å²) in [6.07, 6.45) is 1.59. The van der Waals surface area contributed by atoms with Crippen LogP contribution in [0.3, 0.4) is 0 Å². The summed E-state index contributed by atoms with van der Waals surface area (Å²) in [5.41, 5.74) is 8.35. The summed E-state index contributed by atoms with van der Waals surface area (Å²) in [7, 11) is 0. The van der Waals surface area contributed by atoms with Gasteiger partial charge in [0, 0.05) is 24.2 Å². The molecule has 3 nitrogen and oxygen atoms in total. The maximum atomic E-state index is 11.7. The van der Waals surface area contributed by atoms with Gasteiger partial charge in [-0.1, -0.05) is 11.8 Å². The second kappa shape index (κ2) is 5.03. The summed E-state index contributed by atoms with van der Waals surface area (Å²) >= 11 is 0. The zero-order valence-corrected chi connectivity index (χ0v) is 9.99. The number of hydrogen-bond donors (Lipinski definition) is 1. The molecule has 1 fully saturated rings. The van der Waals surface area contributed by atoms with E-state index in [2.05, 4.69) is 11.8 Å². The molecular formula is C14H16N2O. The van der Waals surface area contributed by atoms with Crippen molar-refractivity contribution in [3.63, 3.8) is 0 Å². The first-order valence-electron chi connectivity index (χ1n) is 5.81. The van der Waals surface area contributed by atoms with Crippen molar-refractivity contribution in [3.8, 4) is 11.8 Å². The van der Waals surface area contributed by atoms with E-state index in [4.69, 9.17) is 5.73 Å². The molecule has 1 aromatic carbocycles. The molecule has 0 aliphatic carbocycles.